The minimum absolute atomic E-state index is 0.0689. The summed E-state index contributed by atoms with van der Waals surface area (Å²) in [6.07, 6.45) is 3.30. The molecule has 0 aliphatic rings. The first kappa shape index (κ1) is 25.0. The minimum Gasteiger partial charge on any atom is -0.618 e. The van der Waals surface area contributed by atoms with Crippen LogP contribution in [0.2, 0.25) is 0 Å². The zero-order chi connectivity index (χ0) is 24.8. The summed E-state index contributed by atoms with van der Waals surface area (Å²) in [5.41, 5.74) is 2.51. The molecule has 0 unspecified atom stereocenters. The molecule has 8 heteroatoms. The van der Waals surface area contributed by atoms with E-state index in [1.807, 2.05) is 66.7 Å². The van der Waals surface area contributed by atoms with E-state index < -0.39 is 0 Å². The molecular formula is C27H18Br3N3O2. The number of halogens is 3. The first-order valence-electron chi connectivity index (χ1n) is 10.5. The fraction of sp³-hybridized carbons (Fsp3) is 0. The number of fused-ring (bicyclic) bond motifs is 3. The third-order valence-electron chi connectivity index (χ3n) is 5.06. The van der Waals surface area contributed by atoms with Gasteiger partial charge in [-0.3, -0.25) is 9.78 Å². The Morgan fingerprint density at radius 2 is 1.34 bits per heavy atom. The number of benzene rings is 3. The summed E-state index contributed by atoms with van der Waals surface area (Å²) in [5, 5.41) is 14.4. The first-order chi connectivity index (χ1) is 16.9. The van der Waals surface area contributed by atoms with E-state index in [1.165, 1.54) is 12.3 Å². The van der Waals surface area contributed by atoms with Gasteiger partial charge in [-0.1, -0.05) is 56.1 Å². The number of nitrogens with zero attached hydrogens (tertiary/aromatic N) is 2. The van der Waals surface area contributed by atoms with Gasteiger partial charge in [-0.2, -0.15) is 4.73 Å². The molecule has 3 heterocycles. The molecule has 0 spiro atoms. The normalized spacial score (nSPS) is 10.4. The molecule has 6 rings (SSSR count). The van der Waals surface area contributed by atoms with Crippen LogP contribution >= 0.6 is 47.8 Å². The Morgan fingerprint density at radius 3 is 2.09 bits per heavy atom. The lowest BCUT2D eigenvalue weighted by molar-refractivity contribution is -0.577. The van der Waals surface area contributed by atoms with Gasteiger partial charge in [0.25, 0.3) is 0 Å². The van der Waals surface area contributed by atoms with E-state index in [-0.39, 0.29) is 5.56 Å². The van der Waals surface area contributed by atoms with Crippen molar-refractivity contribution in [3.8, 4) is 0 Å². The Morgan fingerprint density at radius 1 is 0.686 bits per heavy atom. The second-order valence-corrected chi connectivity index (χ2v) is 9.90. The standard InChI is InChI=1S/2C9H6BrNO.C9H6BrN/c10-8-4-1-5-9-7(8)3-2-6-11(9)12;10-7-2-1-3-8-6(7)4-5-9(12)11-8;10-8-4-1-5-9-7(8)3-2-6-11-9/h1-6H;1-5H,(H,11,12);1-6H. The summed E-state index contributed by atoms with van der Waals surface area (Å²) in [4.78, 5) is 17.9. The smallest absolute Gasteiger partial charge is 0.248 e. The molecule has 6 aromatic rings. The van der Waals surface area contributed by atoms with Crippen molar-refractivity contribution < 1.29 is 4.73 Å². The van der Waals surface area contributed by atoms with Gasteiger partial charge in [0.1, 0.15) is 0 Å². The molecule has 0 saturated heterocycles. The van der Waals surface area contributed by atoms with Crippen molar-refractivity contribution >= 4 is 80.5 Å². The zero-order valence-corrected chi connectivity index (χ0v) is 22.9. The van der Waals surface area contributed by atoms with Gasteiger partial charge in [-0.05, 0) is 64.5 Å². The predicted octanol–water partition coefficient (Wildman–Crippen LogP) is 7.52. The summed E-state index contributed by atoms with van der Waals surface area (Å²) in [6, 6.07) is 28.2. The number of aromatic nitrogens is 3. The summed E-state index contributed by atoms with van der Waals surface area (Å²) in [7, 11) is 0. The number of hydrogen-bond donors (Lipinski definition) is 1. The number of nitrogens with one attached hydrogen (secondary N) is 1. The summed E-state index contributed by atoms with van der Waals surface area (Å²) >= 11 is 10.2. The highest BCUT2D eigenvalue weighted by Gasteiger charge is 2.03. The van der Waals surface area contributed by atoms with Crippen molar-refractivity contribution in [3.05, 3.63) is 132 Å². The van der Waals surface area contributed by atoms with Crippen molar-refractivity contribution in [2.45, 2.75) is 0 Å². The maximum Gasteiger partial charge on any atom is 0.248 e. The Bertz CT molecular complexity index is 1640. The highest BCUT2D eigenvalue weighted by atomic mass is 79.9. The van der Waals surface area contributed by atoms with Crippen molar-refractivity contribution in [1.29, 1.82) is 0 Å². The van der Waals surface area contributed by atoms with Crippen LogP contribution in [0, 0.1) is 5.21 Å². The third-order valence-corrected chi connectivity index (χ3v) is 7.13. The Hall–Kier alpha value is -3.07. The molecule has 1 N–H and O–H groups in total. The lowest BCUT2D eigenvalue weighted by Gasteiger charge is -2.00. The van der Waals surface area contributed by atoms with Crippen LogP contribution in [0.4, 0.5) is 0 Å². The molecule has 0 saturated carbocycles. The Labute approximate surface area is 226 Å². The monoisotopic (exact) mass is 653 g/mol. The predicted molar refractivity (Wildman–Crippen MR) is 152 cm³/mol. The van der Waals surface area contributed by atoms with E-state index in [4.69, 9.17) is 0 Å². The number of hydrogen-bond acceptors (Lipinski definition) is 3. The van der Waals surface area contributed by atoms with E-state index in [9.17, 15) is 10.0 Å². The average molecular weight is 656 g/mol. The van der Waals surface area contributed by atoms with E-state index in [0.717, 1.165) is 45.3 Å². The van der Waals surface area contributed by atoms with E-state index in [0.29, 0.717) is 5.52 Å². The van der Waals surface area contributed by atoms with Crippen molar-refractivity contribution in [2.24, 2.45) is 0 Å². The van der Waals surface area contributed by atoms with Gasteiger partial charge in [0.15, 0.2) is 6.20 Å². The molecular weight excluding hydrogens is 638 g/mol. The number of H-pyrrole nitrogens is 1. The lowest BCUT2D eigenvalue weighted by Crippen LogP contribution is -2.25. The fourth-order valence-corrected chi connectivity index (χ4v) is 4.87. The zero-order valence-electron chi connectivity index (χ0n) is 18.2. The number of rotatable bonds is 0. The molecule has 0 atom stereocenters. The number of aromatic amines is 1. The largest absolute Gasteiger partial charge is 0.618 e. The van der Waals surface area contributed by atoms with Crippen molar-refractivity contribution in [2.75, 3.05) is 0 Å². The van der Waals surface area contributed by atoms with Gasteiger partial charge < -0.3 is 10.2 Å². The van der Waals surface area contributed by atoms with Crippen LogP contribution in [-0.2, 0) is 0 Å². The molecule has 0 bridgehead atoms. The van der Waals surface area contributed by atoms with Gasteiger partial charge in [0, 0.05) is 54.1 Å². The van der Waals surface area contributed by atoms with Crippen LogP contribution in [0.1, 0.15) is 0 Å². The van der Waals surface area contributed by atoms with E-state index in [1.54, 1.807) is 24.4 Å². The van der Waals surface area contributed by atoms with Crippen LogP contribution in [-0.4, -0.2) is 9.97 Å². The first-order valence-corrected chi connectivity index (χ1v) is 12.8. The Balaban J connectivity index is 0.000000124. The molecule has 0 fully saturated rings. The third kappa shape index (κ3) is 6.14. The number of pyridine rings is 3. The topological polar surface area (TPSA) is 72.7 Å². The van der Waals surface area contributed by atoms with E-state index >= 15 is 0 Å². The average Bonchev–Trinajstić information content (AvgIpc) is 2.86. The van der Waals surface area contributed by atoms with Crippen LogP contribution in [0.5, 0.6) is 0 Å². The molecule has 0 radical (unpaired) electrons. The van der Waals surface area contributed by atoms with Crippen molar-refractivity contribution in [3.63, 3.8) is 0 Å². The van der Waals surface area contributed by atoms with Crippen LogP contribution < -0.4 is 10.3 Å². The quantitative estimate of drug-likeness (QED) is 0.136. The van der Waals surface area contributed by atoms with Crippen LogP contribution in [0.25, 0.3) is 32.7 Å². The summed E-state index contributed by atoms with van der Waals surface area (Å²) in [6.45, 7) is 0. The summed E-state index contributed by atoms with van der Waals surface area (Å²) < 4.78 is 3.91. The van der Waals surface area contributed by atoms with Crippen LogP contribution in [0.15, 0.2) is 122 Å². The molecule has 0 aliphatic heterocycles. The maximum absolute atomic E-state index is 11.2. The second-order valence-electron chi connectivity index (χ2n) is 7.34. The molecule has 174 valence electrons. The highest BCUT2D eigenvalue weighted by Crippen LogP contribution is 2.22. The summed E-state index contributed by atoms with van der Waals surface area (Å²) in [5.74, 6) is 0. The van der Waals surface area contributed by atoms with Gasteiger partial charge in [-0.25, -0.2) is 0 Å². The maximum atomic E-state index is 11.2. The molecule has 0 amide bonds. The highest BCUT2D eigenvalue weighted by molar-refractivity contribution is 9.11. The molecule has 3 aromatic carbocycles. The van der Waals surface area contributed by atoms with E-state index in [2.05, 4.69) is 57.8 Å². The second kappa shape index (κ2) is 11.6. The fourth-order valence-electron chi connectivity index (χ4n) is 3.40. The van der Waals surface area contributed by atoms with Gasteiger partial charge in [0.2, 0.25) is 11.1 Å². The van der Waals surface area contributed by atoms with Crippen LogP contribution in [0.3, 0.4) is 0 Å². The SMILES string of the molecule is Brc1cccc2ncccc12.O=c1ccc2c(Br)cccc2[nH]1.[O-][n+]1cccc2c(Br)cccc21. The molecule has 0 aliphatic carbocycles. The molecule has 35 heavy (non-hydrogen) atoms. The molecule has 5 nitrogen and oxygen atoms in total. The van der Waals surface area contributed by atoms with Gasteiger partial charge in [-0.15, -0.1) is 0 Å². The minimum atomic E-state index is -0.0689. The van der Waals surface area contributed by atoms with Gasteiger partial charge in [0.05, 0.1) is 10.9 Å². The van der Waals surface area contributed by atoms with Gasteiger partial charge >= 0.3 is 0 Å². The molecule has 3 aromatic heterocycles. The lowest BCUT2D eigenvalue weighted by atomic mass is 10.2. The van der Waals surface area contributed by atoms with Crippen molar-refractivity contribution in [1.82, 2.24) is 9.97 Å². The Kier molecular flexibility index (Phi) is 8.28.